The van der Waals surface area contributed by atoms with Crippen molar-refractivity contribution in [3.8, 4) is 11.8 Å². The molecule has 63 heavy (non-hydrogen) atoms. The van der Waals surface area contributed by atoms with Crippen molar-refractivity contribution in [3.05, 3.63) is 70.2 Å². The van der Waals surface area contributed by atoms with Crippen LogP contribution in [0.3, 0.4) is 0 Å². The maximum atomic E-state index is 14.3. The Morgan fingerprint density at radius 1 is 1.05 bits per heavy atom. The third-order valence-electron chi connectivity index (χ3n) is 13.9. The normalized spacial score (nSPS) is 24.9. The predicted octanol–water partition coefficient (Wildman–Crippen LogP) is 3.51. The van der Waals surface area contributed by atoms with Gasteiger partial charge in [-0.25, -0.2) is 23.1 Å². The van der Waals surface area contributed by atoms with E-state index in [-0.39, 0.29) is 53.9 Å². The number of rotatable bonds is 9. The lowest BCUT2D eigenvalue weighted by Gasteiger charge is -2.42. The van der Waals surface area contributed by atoms with E-state index in [9.17, 15) is 28.0 Å². The van der Waals surface area contributed by atoms with Gasteiger partial charge in [0.15, 0.2) is 11.3 Å². The number of fused-ring (bicyclic) bond motifs is 4. The number of nitrogens with one attached hydrogen (secondary N) is 2. The Bertz CT molecular complexity index is 2710. The standard InChI is InChI=1S/C44H50F2N12O5/c1-26(54-19-17-53(18-20-54)15-4-6-28-5-3-7-34-39(28)52(2)44(62)58(34)35-12-13-37(59)50-43(35)61)27-8-10-29(11-9-27)57-24-33(38(51-57)40(45)46)48-42(60)32-22-47-56-16-14-36(49-41(32)56)55-23-31-21-30(55)25-63-31/h3,5,7,14,16,22,24,26-27,29-31,35,40H,8-13,15,17-21,23,25H2,1-2H3,(H,48,60)(H,50,59,61)/t26?,27-,29-,30-,31-,35?/m1/s1. The molecule has 5 fully saturated rings. The monoisotopic (exact) mass is 864 g/mol. The van der Waals surface area contributed by atoms with Gasteiger partial charge in [-0.1, -0.05) is 17.9 Å². The molecule has 8 heterocycles. The Morgan fingerprint density at radius 3 is 2.59 bits per heavy atom. The van der Waals surface area contributed by atoms with Crippen molar-refractivity contribution in [1.29, 1.82) is 0 Å². The number of piperidine rings is 1. The number of halogens is 2. The van der Waals surface area contributed by atoms with Crippen LogP contribution in [-0.4, -0.2) is 125 Å². The van der Waals surface area contributed by atoms with Gasteiger partial charge in [0.25, 0.3) is 12.3 Å². The maximum Gasteiger partial charge on any atom is 0.329 e. The van der Waals surface area contributed by atoms with E-state index >= 15 is 0 Å². The molecule has 1 aliphatic carbocycles. The van der Waals surface area contributed by atoms with Gasteiger partial charge in [0.1, 0.15) is 17.4 Å². The van der Waals surface area contributed by atoms with Gasteiger partial charge in [-0.3, -0.25) is 43.3 Å². The lowest BCUT2D eigenvalue weighted by atomic mass is 9.81. The largest absolute Gasteiger partial charge is 0.374 e. The second kappa shape index (κ2) is 16.6. The first-order valence-corrected chi connectivity index (χ1v) is 21.9. The van der Waals surface area contributed by atoms with Crippen molar-refractivity contribution in [2.24, 2.45) is 13.0 Å². The molecule has 4 aliphatic heterocycles. The van der Waals surface area contributed by atoms with Crippen LogP contribution in [0.4, 0.5) is 20.3 Å². The number of imide groups is 1. The number of morpholine rings is 1. The van der Waals surface area contributed by atoms with Crippen LogP contribution in [0.2, 0.25) is 0 Å². The number of alkyl halides is 2. The van der Waals surface area contributed by atoms with E-state index in [4.69, 9.17) is 9.72 Å². The molecule has 17 nitrogen and oxygen atoms in total. The summed E-state index contributed by atoms with van der Waals surface area (Å²) in [4.78, 5) is 63.0. The van der Waals surface area contributed by atoms with E-state index in [1.165, 1.54) is 19.8 Å². The third kappa shape index (κ3) is 7.67. The van der Waals surface area contributed by atoms with Gasteiger partial charge >= 0.3 is 5.69 Å². The molecule has 4 aromatic heterocycles. The van der Waals surface area contributed by atoms with Crippen LogP contribution in [-0.2, 0) is 21.4 Å². The second-order valence-electron chi connectivity index (χ2n) is 17.5. The minimum absolute atomic E-state index is 0.0101. The summed E-state index contributed by atoms with van der Waals surface area (Å²) in [6.45, 7) is 7.76. The lowest BCUT2D eigenvalue weighted by molar-refractivity contribution is -0.135. The molecule has 1 aromatic carbocycles. The van der Waals surface area contributed by atoms with Gasteiger partial charge in [-0.05, 0) is 69.6 Å². The highest BCUT2D eigenvalue weighted by atomic mass is 19.3. The molecule has 0 radical (unpaired) electrons. The molecule has 3 amide bonds. The van der Waals surface area contributed by atoms with E-state index in [0.29, 0.717) is 47.4 Å². The summed E-state index contributed by atoms with van der Waals surface area (Å²) in [6, 6.07) is 7.17. The molecule has 10 rings (SSSR count). The van der Waals surface area contributed by atoms with Crippen molar-refractivity contribution in [2.45, 2.75) is 88.6 Å². The summed E-state index contributed by atoms with van der Waals surface area (Å²) in [6.07, 6.45) is 6.86. The van der Waals surface area contributed by atoms with Crippen LogP contribution in [0.5, 0.6) is 0 Å². The number of hydrogen-bond acceptors (Lipinski definition) is 11. The molecule has 0 spiro atoms. The van der Waals surface area contributed by atoms with Gasteiger partial charge < -0.3 is 15.0 Å². The fourth-order valence-corrected chi connectivity index (χ4v) is 10.4. The summed E-state index contributed by atoms with van der Waals surface area (Å²) in [5, 5.41) is 13.6. The summed E-state index contributed by atoms with van der Waals surface area (Å²) < 4.78 is 40.5. The van der Waals surface area contributed by atoms with E-state index < -0.39 is 30.0 Å². The zero-order valence-corrected chi connectivity index (χ0v) is 35.3. The Labute approximate surface area is 361 Å². The van der Waals surface area contributed by atoms with E-state index in [1.54, 1.807) is 24.1 Å². The van der Waals surface area contributed by atoms with Crippen LogP contribution in [0.15, 0.2) is 47.7 Å². The summed E-state index contributed by atoms with van der Waals surface area (Å²) in [5.41, 5.74) is 1.74. The van der Waals surface area contributed by atoms with Gasteiger partial charge in [-0.2, -0.15) is 10.2 Å². The van der Waals surface area contributed by atoms with E-state index in [0.717, 1.165) is 70.6 Å². The van der Waals surface area contributed by atoms with Crippen LogP contribution in [0.25, 0.3) is 16.7 Å². The molecular weight excluding hydrogens is 815 g/mol. The molecule has 5 aromatic rings. The van der Waals surface area contributed by atoms with Gasteiger partial charge in [0.05, 0.1) is 59.8 Å². The quantitative estimate of drug-likeness (QED) is 0.164. The van der Waals surface area contributed by atoms with Crippen LogP contribution in [0.1, 0.15) is 92.0 Å². The lowest BCUT2D eigenvalue weighted by Crippen LogP contribution is -2.51. The Balaban J connectivity index is 0.731. The third-order valence-corrected chi connectivity index (χ3v) is 13.9. The fourth-order valence-electron chi connectivity index (χ4n) is 10.4. The van der Waals surface area contributed by atoms with Crippen molar-refractivity contribution in [2.75, 3.05) is 56.1 Å². The van der Waals surface area contributed by atoms with Gasteiger partial charge in [0, 0.05) is 64.6 Å². The number of aromatic nitrogens is 7. The minimum atomic E-state index is -2.87. The summed E-state index contributed by atoms with van der Waals surface area (Å²) in [7, 11) is 1.68. The van der Waals surface area contributed by atoms with Crippen molar-refractivity contribution in [1.82, 2.24) is 48.6 Å². The molecule has 19 heteroatoms. The minimum Gasteiger partial charge on any atom is -0.374 e. The first-order chi connectivity index (χ1) is 30.5. The first kappa shape index (κ1) is 41.1. The zero-order chi connectivity index (χ0) is 43.5. The van der Waals surface area contributed by atoms with E-state index in [1.807, 2.05) is 24.3 Å². The number of nitrogens with zero attached hydrogens (tertiary/aromatic N) is 10. The highest BCUT2D eigenvalue weighted by molar-refractivity contribution is 6.08. The van der Waals surface area contributed by atoms with Crippen LogP contribution < -0.4 is 21.2 Å². The SMILES string of the molecule is CC([C@H]1CC[C@H](n2cc(NC(=O)c3cnn4ccc(N5C[C@H]6C[C@@H]5CO6)nc34)c(C(F)F)n2)CC1)N1CCN(CC#Cc2cccc3c2n(C)c(=O)n3C2CCC(=O)NC2=O)CC1. The van der Waals surface area contributed by atoms with Crippen LogP contribution in [0, 0.1) is 17.8 Å². The Hall–Kier alpha value is -5.97. The molecule has 1 saturated carbocycles. The number of para-hydroxylation sites is 1. The van der Waals surface area contributed by atoms with Crippen molar-refractivity contribution in [3.63, 3.8) is 0 Å². The molecule has 2 unspecified atom stereocenters. The molecule has 2 bridgehead atoms. The molecule has 5 aliphatic rings. The molecule has 4 saturated heterocycles. The summed E-state index contributed by atoms with van der Waals surface area (Å²) in [5.74, 6) is 6.40. The first-order valence-electron chi connectivity index (χ1n) is 21.9. The number of amides is 3. The second-order valence-corrected chi connectivity index (χ2v) is 17.5. The number of imidazole rings is 1. The number of carbonyl (C=O) groups is 3. The number of piperazine rings is 1. The average molecular weight is 865 g/mol. The number of hydrogen-bond donors (Lipinski definition) is 2. The maximum absolute atomic E-state index is 14.3. The zero-order valence-electron chi connectivity index (χ0n) is 35.3. The smallest absolute Gasteiger partial charge is 0.329 e. The molecule has 2 N–H and O–H groups in total. The number of carbonyl (C=O) groups excluding carboxylic acids is 3. The fraction of sp³-hybridized carbons (Fsp3) is 0.523. The molecular formula is C44H50F2N12O5. The van der Waals surface area contributed by atoms with Crippen molar-refractivity contribution < 1.29 is 27.9 Å². The highest BCUT2D eigenvalue weighted by Crippen LogP contribution is 2.38. The predicted molar refractivity (Wildman–Crippen MR) is 228 cm³/mol. The topological polar surface area (TPSA) is 169 Å². The summed E-state index contributed by atoms with van der Waals surface area (Å²) >= 11 is 0. The highest BCUT2D eigenvalue weighted by Gasteiger charge is 2.40. The Morgan fingerprint density at radius 2 is 1.86 bits per heavy atom. The van der Waals surface area contributed by atoms with Crippen LogP contribution >= 0.6 is 0 Å². The average Bonchev–Trinajstić information content (AvgIpc) is 4.14. The van der Waals surface area contributed by atoms with Crippen molar-refractivity contribution >= 4 is 45.9 Å². The number of aryl methyl sites for hydroxylation is 1. The van der Waals surface area contributed by atoms with Gasteiger partial charge in [-0.15, -0.1) is 0 Å². The van der Waals surface area contributed by atoms with E-state index in [2.05, 4.69) is 54.3 Å². The number of ether oxygens (including phenoxy) is 1. The Kier molecular flexibility index (Phi) is 10.8. The molecule has 330 valence electrons. The number of benzene rings is 1. The number of anilines is 2. The molecule has 4 atom stereocenters. The van der Waals surface area contributed by atoms with Gasteiger partial charge in [0.2, 0.25) is 11.8 Å².